The maximum Gasteiger partial charge on any atom is 0.251 e. The van der Waals surface area contributed by atoms with Crippen molar-refractivity contribution in [2.75, 3.05) is 32.8 Å². The van der Waals surface area contributed by atoms with Crippen LogP contribution >= 0.6 is 12.4 Å². The number of unbranched alkanes of at least 4 members (excludes halogenated alkanes) is 1. The topological polar surface area (TPSA) is 64.8 Å². The van der Waals surface area contributed by atoms with Gasteiger partial charge in [0.25, 0.3) is 5.91 Å². The Kier molecular flexibility index (Phi) is 12.0. The van der Waals surface area contributed by atoms with Crippen LogP contribution in [0.1, 0.15) is 46.0 Å². The summed E-state index contributed by atoms with van der Waals surface area (Å²) in [4.78, 5) is 14.1. The lowest BCUT2D eigenvalue weighted by atomic mass is 10.1. The van der Waals surface area contributed by atoms with Gasteiger partial charge in [-0.05, 0) is 39.2 Å². The molecular formula is C15H31ClN2O3. The number of nitrogens with two attached hydrogens (primary N) is 1. The van der Waals surface area contributed by atoms with E-state index < -0.39 is 0 Å². The SMILES string of the molecule is CCCCOC(C)C(=O)N1CCC(OCCCN)CC1.Cl. The zero-order valence-corrected chi connectivity index (χ0v) is 14.2. The van der Waals surface area contributed by atoms with Gasteiger partial charge in [0.1, 0.15) is 6.10 Å². The van der Waals surface area contributed by atoms with Crippen molar-refractivity contribution >= 4 is 18.3 Å². The molecule has 2 N–H and O–H groups in total. The lowest BCUT2D eigenvalue weighted by Crippen LogP contribution is -2.45. The Morgan fingerprint density at radius 1 is 1.29 bits per heavy atom. The Bertz CT molecular complexity index is 272. The van der Waals surface area contributed by atoms with Crippen LogP contribution in [-0.2, 0) is 14.3 Å². The van der Waals surface area contributed by atoms with E-state index >= 15 is 0 Å². The third-order valence-electron chi connectivity index (χ3n) is 3.67. The minimum absolute atomic E-state index is 0. The van der Waals surface area contributed by atoms with Crippen LogP contribution in [0, 0.1) is 0 Å². The number of amides is 1. The number of halogens is 1. The first-order chi connectivity index (χ1) is 9.69. The van der Waals surface area contributed by atoms with E-state index in [0.717, 1.165) is 51.8 Å². The lowest BCUT2D eigenvalue weighted by molar-refractivity contribution is -0.145. The maximum absolute atomic E-state index is 12.2. The standard InChI is InChI=1S/C15H30N2O3.ClH/c1-3-4-11-19-13(2)15(18)17-9-6-14(7-10-17)20-12-5-8-16;/h13-14H,3-12,16H2,1-2H3;1H. The third-order valence-corrected chi connectivity index (χ3v) is 3.67. The highest BCUT2D eigenvalue weighted by atomic mass is 35.5. The first-order valence-electron chi connectivity index (χ1n) is 7.91. The highest BCUT2D eigenvalue weighted by molar-refractivity contribution is 5.85. The van der Waals surface area contributed by atoms with Crippen molar-refractivity contribution in [2.24, 2.45) is 5.73 Å². The molecule has 1 rings (SSSR count). The number of piperidine rings is 1. The van der Waals surface area contributed by atoms with Crippen LogP contribution in [0.25, 0.3) is 0 Å². The summed E-state index contributed by atoms with van der Waals surface area (Å²) < 4.78 is 11.3. The molecule has 21 heavy (non-hydrogen) atoms. The van der Waals surface area contributed by atoms with Crippen molar-refractivity contribution in [2.45, 2.75) is 58.2 Å². The number of carbonyl (C=O) groups excluding carboxylic acids is 1. The van der Waals surface area contributed by atoms with E-state index in [4.69, 9.17) is 15.2 Å². The number of hydrogen-bond acceptors (Lipinski definition) is 4. The molecule has 1 amide bonds. The summed E-state index contributed by atoms with van der Waals surface area (Å²) in [5.41, 5.74) is 5.44. The van der Waals surface area contributed by atoms with Crippen molar-refractivity contribution in [1.29, 1.82) is 0 Å². The number of likely N-dealkylation sites (tertiary alicyclic amines) is 1. The molecule has 0 bridgehead atoms. The molecule has 1 heterocycles. The monoisotopic (exact) mass is 322 g/mol. The zero-order chi connectivity index (χ0) is 14.8. The second-order valence-corrected chi connectivity index (χ2v) is 5.40. The van der Waals surface area contributed by atoms with Crippen LogP contribution in [0.5, 0.6) is 0 Å². The molecule has 0 radical (unpaired) electrons. The first kappa shape index (κ1) is 20.6. The van der Waals surface area contributed by atoms with Crippen LogP contribution in [0.2, 0.25) is 0 Å². The largest absolute Gasteiger partial charge is 0.378 e. The van der Waals surface area contributed by atoms with Gasteiger partial charge in [-0.2, -0.15) is 0 Å². The van der Waals surface area contributed by atoms with E-state index in [0.29, 0.717) is 13.2 Å². The summed E-state index contributed by atoms with van der Waals surface area (Å²) in [5.74, 6) is 0.113. The number of nitrogens with zero attached hydrogens (tertiary/aromatic N) is 1. The summed E-state index contributed by atoms with van der Waals surface area (Å²) >= 11 is 0. The fourth-order valence-electron chi connectivity index (χ4n) is 2.31. The lowest BCUT2D eigenvalue weighted by Gasteiger charge is -2.33. The minimum Gasteiger partial charge on any atom is -0.378 e. The highest BCUT2D eigenvalue weighted by Crippen LogP contribution is 2.15. The van der Waals surface area contributed by atoms with Gasteiger partial charge in [-0.25, -0.2) is 0 Å². The molecule has 1 atom stereocenters. The number of ether oxygens (including phenoxy) is 2. The zero-order valence-electron chi connectivity index (χ0n) is 13.4. The average molecular weight is 323 g/mol. The van der Waals surface area contributed by atoms with Gasteiger partial charge in [0.2, 0.25) is 0 Å². The van der Waals surface area contributed by atoms with E-state index in [9.17, 15) is 4.79 Å². The van der Waals surface area contributed by atoms with E-state index in [1.165, 1.54) is 0 Å². The van der Waals surface area contributed by atoms with Crippen molar-refractivity contribution in [3.8, 4) is 0 Å². The Morgan fingerprint density at radius 2 is 1.95 bits per heavy atom. The predicted molar refractivity (Wildman–Crippen MR) is 86.8 cm³/mol. The van der Waals surface area contributed by atoms with Gasteiger partial charge in [0.05, 0.1) is 6.10 Å². The first-order valence-corrected chi connectivity index (χ1v) is 7.91. The predicted octanol–water partition coefficient (Wildman–Crippen LogP) is 1.97. The molecule has 126 valence electrons. The fourth-order valence-corrected chi connectivity index (χ4v) is 2.31. The van der Waals surface area contributed by atoms with Crippen molar-refractivity contribution in [3.63, 3.8) is 0 Å². The smallest absolute Gasteiger partial charge is 0.251 e. The second kappa shape index (κ2) is 12.2. The average Bonchev–Trinajstić information content (AvgIpc) is 2.47. The van der Waals surface area contributed by atoms with Crippen molar-refractivity contribution < 1.29 is 14.3 Å². The summed E-state index contributed by atoms with van der Waals surface area (Å²) in [6, 6.07) is 0. The van der Waals surface area contributed by atoms with E-state index in [2.05, 4.69) is 6.92 Å². The molecule has 6 heteroatoms. The number of carbonyl (C=O) groups is 1. The Labute approximate surface area is 134 Å². The number of hydrogen-bond donors (Lipinski definition) is 1. The molecule has 0 aromatic rings. The van der Waals surface area contributed by atoms with Crippen LogP contribution in [0.3, 0.4) is 0 Å². The van der Waals surface area contributed by atoms with Crippen molar-refractivity contribution in [3.05, 3.63) is 0 Å². The summed E-state index contributed by atoms with van der Waals surface area (Å²) in [6.45, 7) is 7.58. The van der Waals surface area contributed by atoms with Gasteiger partial charge >= 0.3 is 0 Å². The molecule has 0 aromatic carbocycles. The summed E-state index contributed by atoms with van der Waals surface area (Å²) in [7, 11) is 0. The maximum atomic E-state index is 12.2. The van der Waals surface area contributed by atoms with Gasteiger partial charge < -0.3 is 20.1 Å². The molecule has 1 fully saturated rings. The van der Waals surface area contributed by atoms with Crippen LogP contribution in [-0.4, -0.2) is 55.9 Å². The Hall–Kier alpha value is -0.360. The molecule has 1 saturated heterocycles. The molecule has 0 aliphatic carbocycles. The van der Waals surface area contributed by atoms with Crippen LogP contribution in [0.4, 0.5) is 0 Å². The van der Waals surface area contributed by atoms with E-state index in [1.807, 2.05) is 11.8 Å². The Balaban J connectivity index is 0.00000400. The van der Waals surface area contributed by atoms with Crippen LogP contribution < -0.4 is 5.73 Å². The molecule has 1 aliphatic heterocycles. The van der Waals surface area contributed by atoms with Gasteiger partial charge in [-0.1, -0.05) is 13.3 Å². The normalized spacial score (nSPS) is 17.4. The summed E-state index contributed by atoms with van der Waals surface area (Å²) in [5, 5.41) is 0. The highest BCUT2D eigenvalue weighted by Gasteiger charge is 2.26. The van der Waals surface area contributed by atoms with Gasteiger partial charge in [0, 0.05) is 26.3 Å². The Morgan fingerprint density at radius 3 is 2.52 bits per heavy atom. The molecule has 5 nitrogen and oxygen atoms in total. The minimum atomic E-state index is -0.323. The van der Waals surface area contributed by atoms with E-state index in [1.54, 1.807) is 0 Å². The molecule has 0 saturated carbocycles. The number of rotatable bonds is 9. The second-order valence-electron chi connectivity index (χ2n) is 5.40. The third kappa shape index (κ3) is 8.00. The van der Waals surface area contributed by atoms with Gasteiger partial charge in [0.15, 0.2) is 0 Å². The molecule has 1 unspecified atom stereocenters. The van der Waals surface area contributed by atoms with E-state index in [-0.39, 0.29) is 30.5 Å². The molecular weight excluding hydrogens is 292 g/mol. The quantitative estimate of drug-likeness (QED) is 0.659. The fraction of sp³-hybridized carbons (Fsp3) is 0.933. The van der Waals surface area contributed by atoms with Gasteiger partial charge in [-0.15, -0.1) is 12.4 Å². The van der Waals surface area contributed by atoms with Crippen LogP contribution in [0.15, 0.2) is 0 Å². The molecule has 0 spiro atoms. The molecule has 0 aromatic heterocycles. The van der Waals surface area contributed by atoms with Crippen molar-refractivity contribution in [1.82, 2.24) is 4.90 Å². The van der Waals surface area contributed by atoms with Gasteiger partial charge in [-0.3, -0.25) is 4.79 Å². The summed E-state index contributed by atoms with van der Waals surface area (Å²) in [6.07, 6.45) is 4.79. The molecule has 1 aliphatic rings.